The molecule has 1 amide bonds. The van der Waals surface area contributed by atoms with Crippen molar-refractivity contribution < 1.29 is 18.7 Å². The van der Waals surface area contributed by atoms with Gasteiger partial charge in [-0.25, -0.2) is 0 Å². The van der Waals surface area contributed by atoms with Crippen molar-refractivity contribution in [3.05, 3.63) is 36.3 Å². The molecule has 1 saturated heterocycles. The van der Waals surface area contributed by atoms with E-state index in [4.69, 9.17) is 9.15 Å². The van der Waals surface area contributed by atoms with E-state index in [-0.39, 0.29) is 17.8 Å². The van der Waals surface area contributed by atoms with Crippen molar-refractivity contribution in [2.24, 2.45) is 11.8 Å². The summed E-state index contributed by atoms with van der Waals surface area (Å²) in [6, 6.07) is 1.67. The zero-order valence-electron chi connectivity index (χ0n) is 13.3. The number of nitrogens with zero attached hydrogens (tertiary/aromatic N) is 1. The van der Waals surface area contributed by atoms with E-state index in [9.17, 15) is 9.59 Å². The van der Waals surface area contributed by atoms with E-state index in [2.05, 4.69) is 12.2 Å². The molecule has 1 aromatic rings. The number of hydrogen-bond acceptors (Lipinski definition) is 4. The van der Waals surface area contributed by atoms with Crippen LogP contribution < -0.4 is 0 Å². The first-order valence-electron chi connectivity index (χ1n) is 8.37. The Kier molecular flexibility index (Phi) is 5.16. The first kappa shape index (κ1) is 15.8. The minimum atomic E-state index is -0.102. The molecule has 1 unspecified atom stereocenters. The van der Waals surface area contributed by atoms with Crippen LogP contribution in [0.3, 0.4) is 0 Å². The Labute approximate surface area is 136 Å². The highest BCUT2D eigenvalue weighted by atomic mass is 16.5. The predicted molar refractivity (Wildman–Crippen MR) is 84.8 cm³/mol. The highest BCUT2D eigenvalue weighted by Crippen LogP contribution is 2.23. The van der Waals surface area contributed by atoms with Gasteiger partial charge in [0.25, 0.3) is 5.91 Å². The van der Waals surface area contributed by atoms with Gasteiger partial charge in [0, 0.05) is 13.1 Å². The molecule has 0 bridgehead atoms. The molecule has 0 spiro atoms. The lowest BCUT2D eigenvalue weighted by Crippen LogP contribution is -2.40. The molecule has 3 rings (SSSR count). The fraction of sp³-hybridized carbons (Fsp3) is 0.556. The average molecular weight is 317 g/mol. The smallest absolute Gasteiger partial charge is 0.309 e. The van der Waals surface area contributed by atoms with E-state index in [1.54, 1.807) is 11.0 Å². The van der Waals surface area contributed by atoms with E-state index >= 15 is 0 Å². The standard InChI is InChI=1S/C18H23NO4/c20-17(16-8-11-22-13-16)19-9-6-15(7-10-19)18(21)23-12-14-4-2-1-3-5-14/h1-2,8,11,13-15H,3-7,9-10,12H2. The zero-order valence-corrected chi connectivity index (χ0v) is 13.3. The molecule has 1 aromatic heterocycles. The number of carbonyl (C=O) groups excluding carboxylic acids is 2. The maximum atomic E-state index is 12.2. The number of amides is 1. The Morgan fingerprint density at radius 3 is 2.70 bits per heavy atom. The van der Waals surface area contributed by atoms with Gasteiger partial charge in [-0.3, -0.25) is 9.59 Å². The SMILES string of the molecule is O=C(OCC1CC=CCC1)C1CCN(C(=O)c2ccoc2)CC1. The number of hydrogen-bond donors (Lipinski definition) is 0. The van der Waals surface area contributed by atoms with Gasteiger partial charge < -0.3 is 14.1 Å². The third kappa shape index (κ3) is 4.03. The number of furan rings is 1. The Morgan fingerprint density at radius 2 is 2.04 bits per heavy atom. The van der Waals surface area contributed by atoms with Gasteiger partial charge in [0.05, 0.1) is 24.4 Å². The number of allylic oxidation sites excluding steroid dienone is 2. The highest BCUT2D eigenvalue weighted by molar-refractivity contribution is 5.94. The third-order valence-electron chi connectivity index (χ3n) is 4.72. The van der Waals surface area contributed by atoms with E-state index in [1.165, 1.54) is 12.5 Å². The fourth-order valence-corrected chi connectivity index (χ4v) is 3.21. The second kappa shape index (κ2) is 7.49. The summed E-state index contributed by atoms with van der Waals surface area (Å²) in [6.45, 7) is 1.71. The van der Waals surface area contributed by atoms with E-state index in [0.29, 0.717) is 44.0 Å². The van der Waals surface area contributed by atoms with E-state index < -0.39 is 0 Å². The maximum Gasteiger partial charge on any atom is 0.309 e. The molecule has 0 aromatic carbocycles. The summed E-state index contributed by atoms with van der Waals surface area (Å²) < 4.78 is 10.4. The first-order valence-corrected chi connectivity index (χ1v) is 8.37. The van der Waals surface area contributed by atoms with E-state index in [0.717, 1.165) is 19.3 Å². The average Bonchev–Trinajstić information content (AvgIpc) is 3.15. The molecule has 5 heteroatoms. The van der Waals surface area contributed by atoms with Crippen molar-refractivity contribution in [1.82, 2.24) is 4.90 Å². The Bertz CT molecular complexity index is 556. The summed E-state index contributed by atoms with van der Waals surface area (Å²) in [4.78, 5) is 26.2. The van der Waals surface area contributed by atoms with Crippen molar-refractivity contribution >= 4 is 11.9 Å². The Balaban J connectivity index is 1.42. The van der Waals surface area contributed by atoms with Crippen LogP contribution in [0.5, 0.6) is 0 Å². The van der Waals surface area contributed by atoms with Gasteiger partial charge in [0.2, 0.25) is 0 Å². The van der Waals surface area contributed by atoms with Crippen molar-refractivity contribution in [3.8, 4) is 0 Å². The number of piperidine rings is 1. The van der Waals surface area contributed by atoms with Gasteiger partial charge in [-0.15, -0.1) is 0 Å². The molecule has 5 nitrogen and oxygen atoms in total. The highest BCUT2D eigenvalue weighted by Gasteiger charge is 2.29. The molecule has 23 heavy (non-hydrogen) atoms. The van der Waals surface area contributed by atoms with Gasteiger partial charge in [-0.1, -0.05) is 12.2 Å². The summed E-state index contributed by atoms with van der Waals surface area (Å²) in [5.41, 5.74) is 0.566. The van der Waals surface area contributed by atoms with Crippen LogP contribution in [0.2, 0.25) is 0 Å². The summed E-state index contributed by atoms with van der Waals surface area (Å²) >= 11 is 0. The topological polar surface area (TPSA) is 59.8 Å². The maximum absolute atomic E-state index is 12.2. The lowest BCUT2D eigenvalue weighted by molar-refractivity contribution is -0.151. The van der Waals surface area contributed by atoms with Gasteiger partial charge in [-0.2, -0.15) is 0 Å². The van der Waals surface area contributed by atoms with Crippen molar-refractivity contribution in [3.63, 3.8) is 0 Å². The van der Waals surface area contributed by atoms with Crippen molar-refractivity contribution in [2.75, 3.05) is 19.7 Å². The lowest BCUT2D eigenvalue weighted by atomic mass is 9.94. The lowest BCUT2D eigenvalue weighted by Gasteiger charge is -2.31. The van der Waals surface area contributed by atoms with Crippen LogP contribution in [0.25, 0.3) is 0 Å². The Morgan fingerprint density at radius 1 is 1.22 bits per heavy atom. The van der Waals surface area contributed by atoms with Crippen LogP contribution in [0, 0.1) is 11.8 Å². The quantitative estimate of drug-likeness (QED) is 0.632. The molecule has 124 valence electrons. The monoisotopic (exact) mass is 317 g/mol. The molecule has 2 heterocycles. The summed E-state index contributed by atoms with van der Waals surface area (Å²) in [5.74, 6) is 0.253. The fourth-order valence-electron chi connectivity index (χ4n) is 3.21. The number of rotatable bonds is 4. The molecule has 2 aliphatic rings. The van der Waals surface area contributed by atoms with Crippen LogP contribution in [0.4, 0.5) is 0 Å². The van der Waals surface area contributed by atoms with Crippen molar-refractivity contribution in [2.45, 2.75) is 32.1 Å². The summed E-state index contributed by atoms with van der Waals surface area (Å²) in [6.07, 6.45) is 11.8. The molecule has 1 fully saturated rings. The van der Waals surface area contributed by atoms with Crippen LogP contribution in [0.15, 0.2) is 35.2 Å². The number of likely N-dealkylation sites (tertiary alicyclic amines) is 1. The van der Waals surface area contributed by atoms with Crippen LogP contribution >= 0.6 is 0 Å². The zero-order chi connectivity index (χ0) is 16.1. The third-order valence-corrected chi connectivity index (χ3v) is 4.72. The van der Waals surface area contributed by atoms with Gasteiger partial charge >= 0.3 is 5.97 Å². The molecule has 1 aliphatic heterocycles. The predicted octanol–water partition coefficient (Wildman–Crippen LogP) is 3.03. The minimum Gasteiger partial charge on any atom is -0.472 e. The summed E-state index contributed by atoms with van der Waals surface area (Å²) in [5, 5.41) is 0. The normalized spacial score (nSPS) is 22.1. The van der Waals surface area contributed by atoms with Gasteiger partial charge in [0.15, 0.2) is 0 Å². The van der Waals surface area contributed by atoms with Gasteiger partial charge in [0.1, 0.15) is 6.26 Å². The Hall–Kier alpha value is -2.04. The van der Waals surface area contributed by atoms with Crippen LogP contribution in [-0.4, -0.2) is 36.5 Å². The van der Waals surface area contributed by atoms with Crippen LogP contribution in [-0.2, 0) is 9.53 Å². The van der Waals surface area contributed by atoms with Crippen molar-refractivity contribution in [1.29, 1.82) is 0 Å². The molecule has 0 N–H and O–H groups in total. The molecule has 1 atom stereocenters. The second-order valence-corrected chi connectivity index (χ2v) is 6.36. The minimum absolute atomic E-state index is 0.0282. The molecule has 1 aliphatic carbocycles. The summed E-state index contributed by atoms with van der Waals surface area (Å²) in [7, 11) is 0. The number of ether oxygens (including phenoxy) is 1. The molecule has 0 radical (unpaired) electrons. The largest absolute Gasteiger partial charge is 0.472 e. The van der Waals surface area contributed by atoms with Gasteiger partial charge in [-0.05, 0) is 44.1 Å². The molecular weight excluding hydrogens is 294 g/mol. The second-order valence-electron chi connectivity index (χ2n) is 6.36. The first-order chi connectivity index (χ1) is 11.2. The van der Waals surface area contributed by atoms with Crippen LogP contribution in [0.1, 0.15) is 42.5 Å². The number of esters is 1. The molecule has 0 saturated carbocycles. The number of carbonyl (C=O) groups is 2. The van der Waals surface area contributed by atoms with E-state index in [1.807, 2.05) is 0 Å². The molecular formula is C18H23NO4.